The Morgan fingerprint density at radius 1 is 1.35 bits per heavy atom. The first-order chi connectivity index (χ1) is 7.99. The van der Waals surface area contributed by atoms with E-state index in [1.807, 2.05) is 0 Å². The summed E-state index contributed by atoms with van der Waals surface area (Å²) in [6.07, 6.45) is 2.30. The molecule has 0 amide bonds. The second kappa shape index (κ2) is 5.21. The maximum absolute atomic E-state index is 6.12. The Morgan fingerprint density at radius 3 is 2.59 bits per heavy atom. The van der Waals surface area contributed by atoms with Gasteiger partial charge >= 0.3 is 0 Å². The standard InChI is InChI=1S/C12H16BrClN2O/c1-6(2)10-9(13)11(14)16-12(15-10)8-5-4-7(3)17-8/h6-8H,4-5H2,1-3H3. The molecule has 94 valence electrons. The minimum absolute atomic E-state index is 0.00639. The molecule has 17 heavy (non-hydrogen) atoms. The number of ether oxygens (including phenoxy) is 1. The average Bonchev–Trinajstić information content (AvgIpc) is 2.68. The van der Waals surface area contributed by atoms with Crippen molar-refractivity contribution in [1.82, 2.24) is 9.97 Å². The van der Waals surface area contributed by atoms with E-state index in [-0.39, 0.29) is 12.2 Å². The van der Waals surface area contributed by atoms with Crippen molar-refractivity contribution in [1.29, 1.82) is 0 Å². The van der Waals surface area contributed by atoms with Gasteiger partial charge in [0.15, 0.2) is 5.82 Å². The lowest BCUT2D eigenvalue weighted by atomic mass is 10.1. The lowest BCUT2D eigenvalue weighted by Crippen LogP contribution is -2.09. The molecule has 0 radical (unpaired) electrons. The molecule has 1 aromatic rings. The van der Waals surface area contributed by atoms with Crippen LogP contribution in [0.2, 0.25) is 5.15 Å². The number of hydrogen-bond acceptors (Lipinski definition) is 3. The van der Waals surface area contributed by atoms with Gasteiger partial charge in [-0.25, -0.2) is 9.97 Å². The van der Waals surface area contributed by atoms with Gasteiger partial charge in [0.2, 0.25) is 0 Å². The summed E-state index contributed by atoms with van der Waals surface area (Å²) in [5, 5.41) is 0.474. The molecule has 1 saturated heterocycles. The number of nitrogens with zero attached hydrogens (tertiary/aromatic N) is 2. The third-order valence-corrected chi connectivity index (χ3v) is 4.20. The molecular formula is C12H16BrClN2O. The van der Waals surface area contributed by atoms with Crippen LogP contribution in [0.3, 0.4) is 0 Å². The molecule has 1 aliphatic rings. The maximum Gasteiger partial charge on any atom is 0.159 e. The molecule has 3 nitrogen and oxygen atoms in total. The molecule has 2 atom stereocenters. The molecule has 0 aliphatic carbocycles. The molecule has 0 spiro atoms. The van der Waals surface area contributed by atoms with E-state index in [2.05, 4.69) is 46.7 Å². The van der Waals surface area contributed by atoms with Crippen LogP contribution in [-0.2, 0) is 4.74 Å². The number of aromatic nitrogens is 2. The van der Waals surface area contributed by atoms with Crippen LogP contribution < -0.4 is 0 Å². The number of rotatable bonds is 2. The highest BCUT2D eigenvalue weighted by Gasteiger charge is 2.27. The minimum Gasteiger partial charge on any atom is -0.367 e. The summed E-state index contributed by atoms with van der Waals surface area (Å²) in [4.78, 5) is 8.90. The SMILES string of the molecule is CC1CCC(c2nc(Cl)c(Br)c(C(C)C)n2)O1. The van der Waals surface area contributed by atoms with Gasteiger partial charge in [0.1, 0.15) is 11.3 Å². The van der Waals surface area contributed by atoms with E-state index in [9.17, 15) is 0 Å². The fraction of sp³-hybridized carbons (Fsp3) is 0.667. The zero-order valence-corrected chi connectivity index (χ0v) is 12.5. The maximum atomic E-state index is 6.12. The molecule has 1 aromatic heterocycles. The monoisotopic (exact) mass is 318 g/mol. The second-order valence-corrected chi connectivity index (χ2v) is 5.89. The zero-order valence-electron chi connectivity index (χ0n) is 10.2. The highest BCUT2D eigenvalue weighted by atomic mass is 79.9. The fourth-order valence-electron chi connectivity index (χ4n) is 1.97. The Balaban J connectivity index is 2.35. The van der Waals surface area contributed by atoms with E-state index in [1.165, 1.54) is 0 Å². The minimum atomic E-state index is -0.00639. The van der Waals surface area contributed by atoms with Crippen LogP contribution in [0.15, 0.2) is 4.47 Å². The third kappa shape index (κ3) is 2.80. The fourth-order valence-corrected chi connectivity index (χ4v) is 2.79. The Bertz CT molecular complexity index is 425. The van der Waals surface area contributed by atoms with E-state index >= 15 is 0 Å². The lowest BCUT2D eigenvalue weighted by molar-refractivity contribution is 0.0501. The van der Waals surface area contributed by atoms with Crippen LogP contribution in [0.25, 0.3) is 0 Å². The summed E-state index contributed by atoms with van der Waals surface area (Å²) in [6, 6.07) is 0. The van der Waals surface area contributed by atoms with Gasteiger partial charge in [-0.05, 0) is 41.6 Å². The Hall–Kier alpha value is -0.190. The second-order valence-electron chi connectivity index (χ2n) is 4.74. The van der Waals surface area contributed by atoms with Gasteiger partial charge in [0, 0.05) is 0 Å². The van der Waals surface area contributed by atoms with Crippen LogP contribution in [0.1, 0.15) is 57.2 Å². The smallest absolute Gasteiger partial charge is 0.159 e. The van der Waals surface area contributed by atoms with Crippen molar-refractivity contribution in [2.45, 2.75) is 51.7 Å². The zero-order chi connectivity index (χ0) is 12.6. The van der Waals surface area contributed by atoms with Gasteiger partial charge < -0.3 is 4.74 Å². The predicted octanol–water partition coefficient (Wildman–Crippen LogP) is 4.26. The van der Waals surface area contributed by atoms with E-state index in [4.69, 9.17) is 16.3 Å². The summed E-state index contributed by atoms with van der Waals surface area (Å²) in [5.41, 5.74) is 0.947. The van der Waals surface area contributed by atoms with Crippen molar-refractivity contribution in [3.05, 3.63) is 21.1 Å². The molecule has 2 heterocycles. The van der Waals surface area contributed by atoms with E-state index in [0.717, 1.165) is 23.0 Å². The number of halogens is 2. The summed E-state index contributed by atoms with van der Waals surface area (Å²) in [6.45, 7) is 6.25. The first-order valence-corrected chi connectivity index (χ1v) is 7.04. The van der Waals surface area contributed by atoms with Gasteiger partial charge in [-0.2, -0.15) is 0 Å². The molecule has 0 N–H and O–H groups in total. The van der Waals surface area contributed by atoms with Crippen molar-refractivity contribution < 1.29 is 4.74 Å². The Kier molecular flexibility index (Phi) is 4.06. The first-order valence-electron chi connectivity index (χ1n) is 5.87. The van der Waals surface area contributed by atoms with Crippen molar-refractivity contribution in [3.8, 4) is 0 Å². The lowest BCUT2D eigenvalue weighted by Gasteiger charge is -2.14. The summed E-state index contributed by atoms with van der Waals surface area (Å²) in [7, 11) is 0. The highest BCUT2D eigenvalue weighted by molar-refractivity contribution is 9.10. The third-order valence-electron chi connectivity index (χ3n) is 2.92. The Morgan fingerprint density at radius 2 is 2.06 bits per heavy atom. The number of hydrogen-bond donors (Lipinski definition) is 0. The molecule has 5 heteroatoms. The Labute approximate surface area is 115 Å². The highest BCUT2D eigenvalue weighted by Crippen LogP contribution is 2.34. The van der Waals surface area contributed by atoms with E-state index < -0.39 is 0 Å². The van der Waals surface area contributed by atoms with Gasteiger partial charge in [-0.15, -0.1) is 0 Å². The van der Waals surface area contributed by atoms with Crippen molar-refractivity contribution in [2.75, 3.05) is 0 Å². The molecule has 2 unspecified atom stereocenters. The van der Waals surface area contributed by atoms with Crippen LogP contribution in [0.4, 0.5) is 0 Å². The molecular weight excluding hydrogens is 304 g/mol. The largest absolute Gasteiger partial charge is 0.367 e. The topological polar surface area (TPSA) is 35.0 Å². The van der Waals surface area contributed by atoms with Gasteiger partial charge in [-0.3, -0.25) is 0 Å². The van der Waals surface area contributed by atoms with Crippen molar-refractivity contribution >= 4 is 27.5 Å². The van der Waals surface area contributed by atoms with Crippen molar-refractivity contribution in [3.63, 3.8) is 0 Å². The van der Waals surface area contributed by atoms with Crippen LogP contribution >= 0.6 is 27.5 Å². The van der Waals surface area contributed by atoms with Crippen molar-refractivity contribution in [2.24, 2.45) is 0 Å². The van der Waals surface area contributed by atoms with E-state index in [1.54, 1.807) is 0 Å². The molecule has 0 bridgehead atoms. The van der Waals surface area contributed by atoms with E-state index in [0.29, 0.717) is 16.9 Å². The molecule has 0 aromatic carbocycles. The van der Waals surface area contributed by atoms with Crippen LogP contribution in [0.5, 0.6) is 0 Å². The van der Waals surface area contributed by atoms with Crippen LogP contribution in [-0.4, -0.2) is 16.1 Å². The normalized spacial score (nSPS) is 24.6. The summed E-state index contributed by atoms with van der Waals surface area (Å²) in [5.74, 6) is 1.02. The van der Waals surface area contributed by atoms with Gasteiger partial charge in [-0.1, -0.05) is 25.4 Å². The quantitative estimate of drug-likeness (QED) is 0.764. The van der Waals surface area contributed by atoms with Gasteiger partial charge in [0.25, 0.3) is 0 Å². The summed E-state index contributed by atoms with van der Waals surface area (Å²) < 4.78 is 6.57. The molecule has 2 rings (SSSR count). The predicted molar refractivity (Wildman–Crippen MR) is 71.4 cm³/mol. The average molecular weight is 320 g/mol. The van der Waals surface area contributed by atoms with Gasteiger partial charge in [0.05, 0.1) is 16.3 Å². The van der Waals surface area contributed by atoms with Crippen LogP contribution in [0, 0.1) is 0 Å². The summed E-state index contributed by atoms with van der Waals surface area (Å²) >= 11 is 9.56. The molecule has 1 fully saturated rings. The first kappa shape index (κ1) is 13.2. The molecule has 0 saturated carbocycles. The molecule has 1 aliphatic heterocycles.